The zero-order valence-electron chi connectivity index (χ0n) is 16.5. The summed E-state index contributed by atoms with van der Waals surface area (Å²) in [7, 11) is 1.69. The van der Waals surface area contributed by atoms with Crippen molar-refractivity contribution in [1.29, 1.82) is 0 Å². The quantitative estimate of drug-likeness (QED) is 0.831. The Morgan fingerprint density at radius 2 is 1.96 bits per heavy atom. The zero-order chi connectivity index (χ0) is 19.9. The molecule has 1 unspecified atom stereocenters. The number of nitrogens with zero attached hydrogens (tertiary/aromatic N) is 4. The van der Waals surface area contributed by atoms with Crippen LogP contribution in [0, 0.1) is 5.92 Å². The van der Waals surface area contributed by atoms with Crippen LogP contribution in [0.1, 0.15) is 25.3 Å². The average Bonchev–Trinajstić information content (AvgIpc) is 2.74. The molecule has 1 fully saturated rings. The van der Waals surface area contributed by atoms with Crippen molar-refractivity contribution in [3.8, 4) is 0 Å². The number of benzene rings is 1. The third-order valence-corrected chi connectivity index (χ3v) is 5.03. The van der Waals surface area contributed by atoms with Crippen molar-refractivity contribution in [1.82, 2.24) is 14.9 Å². The summed E-state index contributed by atoms with van der Waals surface area (Å²) in [5.74, 6) is 0.296. The highest BCUT2D eigenvalue weighted by molar-refractivity contribution is 5.95. The fourth-order valence-electron chi connectivity index (χ4n) is 3.56. The van der Waals surface area contributed by atoms with E-state index in [0.29, 0.717) is 12.5 Å². The van der Waals surface area contributed by atoms with Crippen LogP contribution in [0.4, 0.5) is 11.6 Å². The summed E-state index contributed by atoms with van der Waals surface area (Å²) in [5, 5.41) is 2.92. The molecule has 2 aromatic rings. The van der Waals surface area contributed by atoms with E-state index in [0.717, 1.165) is 37.1 Å². The van der Waals surface area contributed by atoms with Gasteiger partial charge in [-0.2, -0.15) is 0 Å². The lowest BCUT2D eigenvalue weighted by Gasteiger charge is -2.33. The normalized spacial score (nSPS) is 16.5. The maximum atomic E-state index is 12.9. The van der Waals surface area contributed by atoms with Crippen LogP contribution in [0.25, 0.3) is 0 Å². The summed E-state index contributed by atoms with van der Waals surface area (Å²) in [6.45, 7) is 3.50. The minimum absolute atomic E-state index is 0.0143. The molecule has 148 valence electrons. The summed E-state index contributed by atoms with van der Waals surface area (Å²) in [4.78, 5) is 37.4. The second-order valence-electron chi connectivity index (χ2n) is 7.09. The highest BCUT2D eigenvalue weighted by Crippen LogP contribution is 2.21. The number of carbonyl (C=O) groups is 2. The van der Waals surface area contributed by atoms with Gasteiger partial charge in [0.2, 0.25) is 17.8 Å². The monoisotopic (exact) mass is 381 g/mol. The number of rotatable bonds is 6. The van der Waals surface area contributed by atoms with E-state index in [9.17, 15) is 9.59 Å². The van der Waals surface area contributed by atoms with Crippen molar-refractivity contribution < 1.29 is 9.59 Å². The minimum atomic E-state index is -0.184. The van der Waals surface area contributed by atoms with Gasteiger partial charge in [0.25, 0.3) is 0 Å². The highest BCUT2D eigenvalue weighted by atomic mass is 16.2. The number of hydrogen-bond acceptors (Lipinski definition) is 5. The Hall–Kier alpha value is -2.96. The van der Waals surface area contributed by atoms with E-state index in [4.69, 9.17) is 0 Å². The molecule has 2 amide bonds. The molecule has 0 spiro atoms. The van der Waals surface area contributed by atoms with Crippen LogP contribution in [-0.2, 0) is 16.0 Å². The largest absolute Gasteiger partial charge is 0.340 e. The lowest BCUT2D eigenvalue weighted by Crippen LogP contribution is -2.46. The molecule has 1 saturated heterocycles. The maximum absolute atomic E-state index is 12.9. The molecule has 1 aliphatic rings. The molecule has 0 aliphatic carbocycles. The predicted octanol–water partition coefficient (Wildman–Crippen LogP) is 2.35. The Labute approximate surface area is 165 Å². The SMILES string of the molecule is CCc1ccccc1NC(=O)CN(C)C(=O)C1CCCN(c2ncccn2)C1. The fourth-order valence-corrected chi connectivity index (χ4v) is 3.56. The van der Waals surface area contributed by atoms with Gasteiger partial charge < -0.3 is 15.1 Å². The molecule has 0 saturated carbocycles. The molecule has 1 aromatic heterocycles. The van der Waals surface area contributed by atoms with Crippen molar-refractivity contribution in [3.05, 3.63) is 48.3 Å². The molecule has 3 rings (SSSR count). The van der Waals surface area contributed by atoms with E-state index in [2.05, 4.69) is 15.3 Å². The molecule has 1 aromatic carbocycles. The van der Waals surface area contributed by atoms with Gasteiger partial charge in [0.15, 0.2) is 0 Å². The van der Waals surface area contributed by atoms with E-state index in [1.165, 1.54) is 4.90 Å². The molecule has 1 atom stereocenters. The molecule has 0 bridgehead atoms. The molecule has 7 heteroatoms. The predicted molar refractivity (Wildman–Crippen MR) is 109 cm³/mol. The molecule has 2 heterocycles. The Kier molecular flexibility index (Phi) is 6.57. The van der Waals surface area contributed by atoms with Crippen LogP contribution in [-0.4, -0.2) is 53.4 Å². The van der Waals surface area contributed by atoms with Crippen molar-refractivity contribution >= 4 is 23.5 Å². The number of piperidine rings is 1. The number of para-hydroxylation sites is 1. The number of aryl methyl sites for hydroxylation is 1. The number of anilines is 2. The van der Waals surface area contributed by atoms with E-state index in [-0.39, 0.29) is 24.3 Å². The topological polar surface area (TPSA) is 78.4 Å². The van der Waals surface area contributed by atoms with Gasteiger partial charge in [-0.3, -0.25) is 9.59 Å². The van der Waals surface area contributed by atoms with Crippen LogP contribution in [0.2, 0.25) is 0 Å². The average molecular weight is 381 g/mol. The van der Waals surface area contributed by atoms with Crippen LogP contribution < -0.4 is 10.2 Å². The first-order chi connectivity index (χ1) is 13.6. The van der Waals surface area contributed by atoms with E-state index < -0.39 is 0 Å². The minimum Gasteiger partial charge on any atom is -0.340 e. The lowest BCUT2D eigenvalue weighted by atomic mass is 9.97. The van der Waals surface area contributed by atoms with Gasteiger partial charge in [-0.15, -0.1) is 0 Å². The third-order valence-electron chi connectivity index (χ3n) is 5.03. The first kappa shape index (κ1) is 19.8. The third kappa shape index (κ3) is 4.85. The Morgan fingerprint density at radius 1 is 1.21 bits per heavy atom. The van der Waals surface area contributed by atoms with Crippen LogP contribution in [0.5, 0.6) is 0 Å². The summed E-state index contributed by atoms with van der Waals surface area (Å²) in [6, 6.07) is 9.50. The number of aromatic nitrogens is 2. The van der Waals surface area contributed by atoms with E-state index in [1.807, 2.05) is 36.1 Å². The smallest absolute Gasteiger partial charge is 0.243 e. The molecule has 1 aliphatic heterocycles. The highest BCUT2D eigenvalue weighted by Gasteiger charge is 2.29. The van der Waals surface area contributed by atoms with Crippen molar-refractivity contribution in [3.63, 3.8) is 0 Å². The first-order valence-corrected chi connectivity index (χ1v) is 9.73. The van der Waals surface area contributed by atoms with Gasteiger partial charge in [0.05, 0.1) is 12.5 Å². The Bertz CT molecular complexity index is 811. The van der Waals surface area contributed by atoms with Gasteiger partial charge in [-0.25, -0.2) is 9.97 Å². The summed E-state index contributed by atoms with van der Waals surface area (Å²) < 4.78 is 0. The van der Waals surface area contributed by atoms with Crippen molar-refractivity contribution in [2.45, 2.75) is 26.2 Å². The standard InChI is InChI=1S/C21H27N5O2/c1-3-16-8-4-5-10-18(16)24-19(27)15-25(2)20(28)17-9-6-13-26(14-17)21-22-11-7-12-23-21/h4-5,7-8,10-12,17H,3,6,9,13-15H2,1-2H3,(H,24,27). The molecule has 7 nitrogen and oxygen atoms in total. The number of amides is 2. The van der Waals surface area contributed by atoms with Crippen LogP contribution >= 0.6 is 0 Å². The van der Waals surface area contributed by atoms with Gasteiger partial charge in [0.1, 0.15) is 0 Å². The lowest BCUT2D eigenvalue weighted by molar-refractivity contribution is -0.137. The number of likely N-dealkylation sites (N-methyl/N-ethyl adjacent to an activating group) is 1. The molecule has 0 radical (unpaired) electrons. The molecule has 1 N–H and O–H groups in total. The summed E-state index contributed by atoms with van der Waals surface area (Å²) in [6.07, 6.45) is 5.97. The van der Waals surface area contributed by atoms with E-state index >= 15 is 0 Å². The number of nitrogens with one attached hydrogen (secondary N) is 1. The maximum Gasteiger partial charge on any atom is 0.243 e. The van der Waals surface area contributed by atoms with E-state index in [1.54, 1.807) is 25.5 Å². The van der Waals surface area contributed by atoms with Crippen molar-refractivity contribution in [2.24, 2.45) is 5.92 Å². The van der Waals surface area contributed by atoms with Gasteiger partial charge >= 0.3 is 0 Å². The summed E-state index contributed by atoms with van der Waals surface area (Å²) in [5.41, 5.74) is 1.89. The molecular weight excluding hydrogens is 354 g/mol. The van der Waals surface area contributed by atoms with Gasteiger partial charge in [-0.1, -0.05) is 25.1 Å². The van der Waals surface area contributed by atoms with Crippen LogP contribution in [0.15, 0.2) is 42.7 Å². The van der Waals surface area contributed by atoms with Crippen LogP contribution in [0.3, 0.4) is 0 Å². The first-order valence-electron chi connectivity index (χ1n) is 9.73. The summed E-state index contributed by atoms with van der Waals surface area (Å²) >= 11 is 0. The second-order valence-corrected chi connectivity index (χ2v) is 7.09. The zero-order valence-corrected chi connectivity index (χ0v) is 16.5. The Morgan fingerprint density at radius 3 is 2.71 bits per heavy atom. The number of carbonyl (C=O) groups excluding carboxylic acids is 2. The van der Waals surface area contributed by atoms with Crippen molar-refractivity contribution in [2.75, 3.05) is 36.9 Å². The Balaban J connectivity index is 1.57. The van der Waals surface area contributed by atoms with Gasteiger partial charge in [0, 0.05) is 38.2 Å². The van der Waals surface area contributed by atoms with Gasteiger partial charge in [-0.05, 0) is 37.0 Å². The fraction of sp³-hybridized carbons (Fsp3) is 0.429. The number of hydrogen-bond donors (Lipinski definition) is 1. The molecule has 28 heavy (non-hydrogen) atoms. The molecular formula is C21H27N5O2. The second kappa shape index (κ2) is 9.30.